The molecule has 6 heteroatoms. The van der Waals surface area contributed by atoms with Crippen molar-refractivity contribution < 1.29 is 8.42 Å². The zero-order chi connectivity index (χ0) is 12.0. The summed E-state index contributed by atoms with van der Waals surface area (Å²) in [6, 6.07) is 1.96. The first-order valence-corrected chi connectivity index (χ1v) is 7.65. The lowest BCUT2D eigenvalue weighted by atomic mass is 10.2. The zero-order valence-electron chi connectivity index (χ0n) is 9.40. The summed E-state index contributed by atoms with van der Waals surface area (Å²) in [5, 5.41) is 4.30. The average Bonchev–Trinajstić information content (AvgIpc) is 2.87. The van der Waals surface area contributed by atoms with E-state index in [9.17, 15) is 8.42 Å². The fraction of sp³-hybridized carbons (Fsp3) is 0.700. The van der Waals surface area contributed by atoms with E-state index in [0.717, 1.165) is 17.8 Å². The lowest BCUT2D eigenvalue weighted by Crippen LogP contribution is -2.22. The van der Waals surface area contributed by atoms with E-state index >= 15 is 0 Å². The first-order chi connectivity index (χ1) is 7.38. The van der Waals surface area contributed by atoms with Crippen LogP contribution in [-0.4, -0.2) is 22.9 Å². The van der Waals surface area contributed by atoms with E-state index in [0.29, 0.717) is 19.3 Å². The Kier molecular flexibility index (Phi) is 2.78. The number of hydrogen-bond acceptors (Lipinski definition) is 3. The Morgan fingerprint density at radius 1 is 1.56 bits per heavy atom. The van der Waals surface area contributed by atoms with Gasteiger partial charge in [-0.05, 0) is 25.3 Å². The Balaban J connectivity index is 2.25. The normalized spacial score (nSPS) is 18.7. The summed E-state index contributed by atoms with van der Waals surface area (Å²) >= 11 is 0. The smallest absolute Gasteiger partial charge is 0.238 e. The molecule has 2 rings (SSSR count). The number of nitrogens with zero attached hydrogens (tertiary/aromatic N) is 2. The zero-order valence-corrected chi connectivity index (χ0v) is 11.0. The number of aromatic nitrogens is 2. The predicted octanol–water partition coefficient (Wildman–Crippen LogP) is 1.63. The van der Waals surface area contributed by atoms with Crippen LogP contribution in [0.25, 0.3) is 0 Å². The van der Waals surface area contributed by atoms with Crippen molar-refractivity contribution in [3.8, 4) is 0 Å². The molecule has 4 nitrogen and oxygen atoms in total. The van der Waals surface area contributed by atoms with Gasteiger partial charge >= 0.3 is 0 Å². The number of hydrogen-bond donors (Lipinski definition) is 0. The molecule has 0 bridgehead atoms. The largest absolute Gasteiger partial charge is 0.272 e. The monoisotopic (exact) mass is 262 g/mol. The summed E-state index contributed by atoms with van der Waals surface area (Å²) in [4.78, 5) is 0. The predicted molar refractivity (Wildman–Crippen MR) is 63.0 cm³/mol. The van der Waals surface area contributed by atoms with Gasteiger partial charge in [0.2, 0.25) is 9.05 Å². The van der Waals surface area contributed by atoms with Crippen molar-refractivity contribution in [3.63, 3.8) is 0 Å². The minimum absolute atomic E-state index is 0.475. The fourth-order valence-electron chi connectivity index (χ4n) is 1.89. The molecule has 0 spiro atoms. The molecule has 16 heavy (non-hydrogen) atoms. The van der Waals surface area contributed by atoms with Crippen LogP contribution in [0.1, 0.15) is 31.2 Å². The highest BCUT2D eigenvalue weighted by molar-refractivity contribution is 8.15. The lowest BCUT2D eigenvalue weighted by molar-refractivity contribution is 0.584. The summed E-state index contributed by atoms with van der Waals surface area (Å²) in [6.45, 7) is 2.03. The van der Waals surface area contributed by atoms with Crippen molar-refractivity contribution in [2.24, 2.45) is 7.05 Å². The second-order valence-electron chi connectivity index (χ2n) is 4.40. The van der Waals surface area contributed by atoms with Crippen molar-refractivity contribution >= 4 is 19.7 Å². The van der Waals surface area contributed by atoms with Gasteiger partial charge in [0.25, 0.3) is 0 Å². The summed E-state index contributed by atoms with van der Waals surface area (Å²) in [7, 11) is 3.84. The minimum atomic E-state index is -3.47. The van der Waals surface area contributed by atoms with Crippen molar-refractivity contribution in [1.82, 2.24) is 9.78 Å². The van der Waals surface area contributed by atoms with Crippen molar-refractivity contribution in [1.29, 1.82) is 0 Å². The van der Waals surface area contributed by atoms with Gasteiger partial charge < -0.3 is 0 Å². The molecule has 0 atom stereocenters. The van der Waals surface area contributed by atoms with Crippen LogP contribution in [-0.2, 0) is 28.9 Å². The van der Waals surface area contributed by atoms with E-state index in [1.807, 2.05) is 20.0 Å². The first kappa shape index (κ1) is 11.9. The summed E-state index contributed by atoms with van der Waals surface area (Å²) in [5.41, 5.74) is 1.93. The Labute approximate surface area is 100 Å². The maximum Gasteiger partial charge on any atom is 0.238 e. The van der Waals surface area contributed by atoms with Crippen LogP contribution in [0.15, 0.2) is 6.07 Å². The quantitative estimate of drug-likeness (QED) is 0.775. The highest BCUT2D eigenvalue weighted by Gasteiger charge is 2.54. The third-order valence-corrected chi connectivity index (χ3v) is 5.79. The molecular weight excluding hydrogens is 248 g/mol. The molecule has 1 aliphatic carbocycles. The van der Waals surface area contributed by atoms with Crippen molar-refractivity contribution in [2.45, 2.75) is 37.4 Å². The number of rotatable bonds is 4. The highest BCUT2D eigenvalue weighted by atomic mass is 35.7. The Bertz CT molecular complexity index is 503. The van der Waals surface area contributed by atoms with Crippen molar-refractivity contribution in [2.75, 3.05) is 0 Å². The molecule has 0 N–H and O–H groups in total. The van der Waals surface area contributed by atoms with Gasteiger partial charge in [0, 0.05) is 29.8 Å². The van der Waals surface area contributed by atoms with E-state index in [-0.39, 0.29) is 0 Å². The molecule has 0 aliphatic heterocycles. The van der Waals surface area contributed by atoms with Gasteiger partial charge in [0.05, 0.1) is 10.4 Å². The van der Waals surface area contributed by atoms with E-state index in [1.165, 1.54) is 0 Å². The van der Waals surface area contributed by atoms with Gasteiger partial charge in [-0.25, -0.2) is 8.42 Å². The lowest BCUT2D eigenvalue weighted by Gasteiger charge is -2.10. The van der Waals surface area contributed by atoms with Crippen LogP contribution >= 0.6 is 10.7 Å². The second-order valence-corrected chi connectivity index (χ2v) is 7.36. The number of aryl methyl sites for hydroxylation is 2. The Morgan fingerprint density at radius 2 is 2.19 bits per heavy atom. The van der Waals surface area contributed by atoms with E-state index in [2.05, 4.69) is 5.10 Å². The van der Waals surface area contributed by atoms with Crippen LogP contribution in [0.3, 0.4) is 0 Å². The van der Waals surface area contributed by atoms with Crippen molar-refractivity contribution in [3.05, 3.63) is 17.5 Å². The molecule has 1 aromatic rings. The molecule has 0 amide bonds. The van der Waals surface area contributed by atoms with Gasteiger partial charge in [-0.15, -0.1) is 0 Å². The van der Waals surface area contributed by atoms with E-state index in [4.69, 9.17) is 10.7 Å². The van der Waals surface area contributed by atoms with Crippen LogP contribution in [0.2, 0.25) is 0 Å². The highest BCUT2D eigenvalue weighted by Crippen LogP contribution is 2.48. The van der Waals surface area contributed by atoms with Crippen LogP contribution in [0.5, 0.6) is 0 Å². The summed E-state index contributed by atoms with van der Waals surface area (Å²) in [5.74, 6) is 0. The molecule has 1 aromatic heterocycles. The second kappa shape index (κ2) is 3.74. The SMILES string of the molecule is CCc1cc(CC2(S(=O)(=O)Cl)CC2)n(C)n1. The third-order valence-electron chi connectivity index (χ3n) is 3.22. The van der Waals surface area contributed by atoms with Crippen LogP contribution in [0, 0.1) is 0 Å². The standard InChI is InChI=1S/C10H15ClN2O2S/c1-3-8-6-9(13(2)12-8)7-10(4-5-10)16(11,14)15/h6H,3-5,7H2,1-2H3. The topological polar surface area (TPSA) is 52.0 Å². The van der Waals surface area contributed by atoms with Gasteiger partial charge in [-0.1, -0.05) is 6.92 Å². The molecule has 90 valence electrons. The molecule has 1 fully saturated rings. The number of halogens is 1. The van der Waals surface area contributed by atoms with Crippen LogP contribution in [0.4, 0.5) is 0 Å². The Hall–Kier alpha value is -0.550. The van der Waals surface area contributed by atoms with Gasteiger partial charge in [0.1, 0.15) is 0 Å². The third kappa shape index (κ3) is 1.98. The summed E-state index contributed by atoms with van der Waals surface area (Å²) in [6.07, 6.45) is 2.65. The molecule has 0 saturated heterocycles. The molecule has 1 saturated carbocycles. The molecule has 1 heterocycles. The van der Waals surface area contributed by atoms with E-state index < -0.39 is 13.8 Å². The maximum absolute atomic E-state index is 11.4. The summed E-state index contributed by atoms with van der Waals surface area (Å²) < 4.78 is 23.9. The van der Waals surface area contributed by atoms with Gasteiger partial charge in [-0.2, -0.15) is 5.10 Å². The van der Waals surface area contributed by atoms with Gasteiger partial charge in [0.15, 0.2) is 0 Å². The molecular formula is C10H15ClN2O2S. The van der Waals surface area contributed by atoms with Gasteiger partial charge in [-0.3, -0.25) is 4.68 Å². The molecule has 0 unspecified atom stereocenters. The minimum Gasteiger partial charge on any atom is -0.272 e. The molecule has 1 aliphatic rings. The van der Waals surface area contributed by atoms with E-state index in [1.54, 1.807) is 4.68 Å². The first-order valence-electron chi connectivity index (χ1n) is 5.34. The fourth-order valence-corrected chi connectivity index (χ4v) is 3.42. The average molecular weight is 263 g/mol. The van der Waals surface area contributed by atoms with Crippen LogP contribution < -0.4 is 0 Å². The molecule has 0 aromatic carbocycles. The molecule has 0 radical (unpaired) electrons. The Morgan fingerprint density at radius 3 is 2.56 bits per heavy atom. The maximum atomic E-state index is 11.4.